The lowest BCUT2D eigenvalue weighted by Crippen LogP contribution is -2.26. The number of imidazole rings is 1. The second-order valence-corrected chi connectivity index (χ2v) is 7.62. The van der Waals surface area contributed by atoms with Crippen LogP contribution in [0.15, 0.2) is 35.4 Å². The largest absolute Gasteiger partial charge is 0.465 e. The van der Waals surface area contributed by atoms with E-state index in [1.54, 1.807) is 18.2 Å². The van der Waals surface area contributed by atoms with Crippen LogP contribution in [0.2, 0.25) is 0 Å². The summed E-state index contributed by atoms with van der Waals surface area (Å²) >= 11 is 0. The zero-order valence-corrected chi connectivity index (χ0v) is 17.5. The topological polar surface area (TPSA) is 183 Å². The Kier molecular flexibility index (Phi) is 6.09. The molecule has 3 heterocycles. The monoisotopic (exact) mass is 458 g/mol. The van der Waals surface area contributed by atoms with E-state index in [9.17, 15) is 24.6 Å². The highest BCUT2D eigenvalue weighted by Gasteiger charge is 2.36. The summed E-state index contributed by atoms with van der Waals surface area (Å²) < 4.78 is 6.98. The molecule has 0 radical (unpaired) electrons. The molecule has 1 aliphatic heterocycles. The Balaban J connectivity index is 1.63. The first kappa shape index (κ1) is 22.4. The van der Waals surface area contributed by atoms with Gasteiger partial charge in [-0.3, -0.25) is 24.5 Å². The van der Waals surface area contributed by atoms with Crippen molar-refractivity contribution in [3.05, 3.63) is 52.1 Å². The lowest BCUT2D eigenvalue weighted by atomic mass is 10.1. The van der Waals surface area contributed by atoms with Crippen LogP contribution in [-0.4, -0.2) is 77.6 Å². The average Bonchev–Trinajstić information content (AvgIpc) is 3.37. The lowest BCUT2D eigenvalue weighted by Gasteiger charge is -2.17. The van der Waals surface area contributed by atoms with Gasteiger partial charge in [0, 0.05) is 25.6 Å². The number of hydrogen-bond donors (Lipinski definition) is 5. The third-order valence-corrected chi connectivity index (χ3v) is 5.30. The number of amides is 2. The maximum absolute atomic E-state index is 12.9. The van der Waals surface area contributed by atoms with E-state index < -0.39 is 36.0 Å². The second-order valence-electron chi connectivity index (χ2n) is 7.62. The van der Waals surface area contributed by atoms with Gasteiger partial charge in [0.1, 0.15) is 6.10 Å². The van der Waals surface area contributed by atoms with Crippen molar-refractivity contribution in [1.82, 2.24) is 24.4 Å². The first-order chi connectivity index (χ1) is 15.8. The summed E-state index contributed by atoms with van der Waals surface area (Å²) in [6.07, 6.45) is -2.06. The number of aliphatic hydroxyl groups is 2. The summed E-state index contributed by atoms with van der Waals surface area (Å²) in [4.78, 5) is 48.3. The number of aromatic amines is 1. The first-order valence-corrected chi connectivity index (χ1v) is 10.0. The van der Waals surface area contributed by atoms with E-state index in [1.165, 1.54) is 24.0 Å². The number of hydrogen-bond acceptors (Lipinski definition) is 8. The predicted molar refractivity (Wildman–Crippen MR) is 114 cm³/mol. The van der Waals surface area contributed by atoms with Crippen LogP contribution < -0.4 is 10.9 Å². The fourth-order valence-corrected chi connectivity index (χ4v) is 3.65. The lowest BCUT2D eigenvalue weighted by molar-refractivity contribution is -0.0486. The molecule has 0 spiro atoms. The first-order valence-electron chi connectivity index (χ1n) is 10.0. The van der Waals surface area contributed by atoms with Gasteiger partial charge in [-0.05, 0) is 11.6 Å². The minimum Gasteiger partial charge on any atom is -0.465 e. The van der Waals surface area contributed by atoms with Crippen LogP contribution >= 0.6 is 0 Å². The summed E-state index contributed by atoms with van der Waals surface area (Å²) in [7, 11) is 1.38. The number of fused-ring (bicyclic) bond motifs is 1. The smallest absolute Gasteiger partial charge is 0.407 e. The standard InChI is InChI=1S/C20H22N6O7/c1-25(20(31)32)7-10-4-2-3-5-12(10)16(29)23-19-22-15-14(17(30)24-19)21-9-26(15)18-13(28)6-11(8-27)33-18/h2-5,9,11,13,18,27-28H,6-8H2,1H3,(H,31,32)(H2,22,23,24,29,30)/t11-,13+,18+/m0/s1. The highest BCUT2D eigenvalue weighted by atomic mass is 16.5. The number of benzene rings is 1. The van der Waals surface area contributed by atoms with Crippen molar-refractivity contribution in [2.24, 2.45) is 0 Å². The molecule has 13 heteroatoms. The van der Waals surface area contributed by atoms with E-state index in [1.807, 2.05) is 0 Å². The molecule has 0 saturated carbocycles. The van der Waals surface area contributed by atoms with Gasteiger partial charge in [0.2, 0.25) is 5.95 Å². The van der Waals surface area contributed by atoms with Crippen LogP contribution in [0.5, 0.6) is 0 Å². The predicted octanol–water partition coefficient (Wildman–Crippen LogP) is 0.122. The summed E-state index contributed by atoms with van der Waals surface area (Å²) in [5.74, 6) is -0.762. The minimum atomic E-state index is -1.14. The third kappa shape index (κ3) is 4.41. The molecule has 4 rings (SSSR count). The normalized spacial score (nSPS) is 20.2. The molecule has 1 aromatic carbocycles. The summed E-state index contributed by atoms with van der Waals surface area (Å²) in [5.41, 5.74) is 0.127. The molecule has 3 atom stereocenters. The fourth-order valence-electron chi connectivity index (χ4n) is 3.65. The van der Waals surface area contributed by atoms with E-state index in [-0.39, 0.29) is 42.2 Å². The van der Waals surface area contributed by atoms with Crippen LogP contribution in [-0.2, 0) is 11.3 Å². The molecule has 174 valence electrons. The average molecular weight is 458 g/mol. The number of anilines is 1. The zero-order valence-electron chi connectivity index (χ0n) is 17.5. The number of nitrogens with one attached hydrogen (secondary N) is 2. The van der Waals surface area contributed by atoms with Crippen LogP contribution in [0.1, 0.15) is 28.6 Å². The van der Waals surface area contributed by atoms with Crippen LogP contribution in [0.25, 0.3) is 11.2 Å². The van der Waals surface area contributed by atoms with Crippen molar-refractivity contribution in [2.75, 3.05) is 19.0 Å². The minimum absolute atomic E-state index is 0.0141. The summed E-state index contributed by atoms with van der Waals surface area (Å²) in [6.45, 7) is -0.288. The molecule has 3 aromatic rings. The number of ether oxygens (including phenoxy) is 1. The molecular weight excluding hydrogens is 436 g/mol. The summed E-state index contributed by atoms with van der Waals surface area (Å²) in [6, 6.07) is 6.46. The van der Waals surface area contributed by atoms with E-state index in [0.717, 1.165) is 4.90 Å². The van der Waals surface area contributed by atoms with E-state index in [4.69, 9.17) is 9.84 Å². The van der Waals surface area contributed by atoms with Gasteiger partial charge in [0.15, 0.2) is 17.4 Å². The van der Waals surface area contributed by atoms with Crippen molar-refractivity contribution in [2.45, 2.75) is 31.4 Å². The van der Waals surface area contributed by atoms with Crippen LogP contribution in [0.4, 0.5) is 10.7 Å². The van der Waals surface area contributed by atoms with Crippen LogP contribution in [0.3, 0.4) is 0 Å². The number of H-pyrrole nitrogens is 1. The Morgan fingerprint density at radius 3 is 2.82 bits per heavy atom. The molecule has 13 nitrogen and oxygen atoms in total. The van der Waals surface area contributed by atoms with Crippen LogP contribution in [0, 0.1) is 0 Å². The number of carboxylic acid groups (broad SMARTS) is 1. The second kappa shape index (κ2) is 8.97. The molecule has 1 fully saturated rings. The number of aromatic nitrogens is 4. The van der Waals surface area contributed by atoms with Crippen molar-refractivity contribution in [1.29, 1.82) is 0 Å². The number of rotatable bonds is 6. The molecule has 5 N–H and O–H groups in total. The van der Waals surface area contributed by atoms with Gasteiger partial charge >= 0.3 is 6.09 Å². The maximum atomic E-state index is 12.9. The highest BCUT2D eigenvalue weighted by molar-refractivity contribution is 6.04. The summed E-state index contributed by atoms with van der Waals surface area (Å²) in [5, 5.41) is 31.2. The Morgan fingerprint density at radius 1 is 1.36 bits per heavy atom. The SMILES string of the molecule is CN(Cc1ccccc1C(=O)Nc1nc2c(ncn2[C@@H]2O[C@H](CO)C[C@H]2O)c(=O)[nH]1)C(=O)O. The number of aliphatic hydroxyl groups excluding tert-OH is 2. The number of carbonyl (C=O) groups is 2. The number of nitrogens with zero attached hydrogens (tertiary/aromatic N) is 4. The molecular formula is C20H22N6O7. The Labute approximate surface area is 186 Å². The Bertz CT molecular complexity index is 1260. The van der Waals surface area contributed by atoms with Crippen molar-refractivity contribution in [3.63, 3.8) is 0 Å². The molecule has 1 saturated heterocycles. The van der Waals surface area contributed by atoms with E-state index in [0.29, 0.717) is 5.56 Å². The van der Waals surface area contributed by atoms with E-state index in [2.05, 4.69) is 20.3 Å². The molecule has 0 bridgehead atoms. The van der Waals surface area contributed by atoms with Gasteiger partial charge in [-0.15, -0.1) is 0 Å². The van der Waals surface area contributed by atoms with Gasteiger partial charge in [0.05, 0.1) is 19.0 Å². The number of carbonyl (C=O) groups excluding carboxylic acids is 1. The van der Waals surface area contributed by atoms with E-state index >= 15 is 0 Å². The molecule has 0 aliphatic carbocycles. The zero-order chi connectivity index (χ0) is 23.7. The Hall–Kier alpha value is -3.81. The molecule has 33 heavy (non-hydrogen) atoms. The van der Waals surface area contributed by atoms with Crippen molar-refractivity contribution < 1.29 is 29.6 Å². The fraction of sp³-hybridized carbons (Fsp3) is 0.350. The van der Waals surface area contributed by atoms with Gasteiger partial charge in [0.25, 0.3) is 11.5 Å². The Morgan fingerprint density at radius 2 is 2.12 bits per heavy atom. The van der Waals surface area contributed by atoms with Gasteiger partial charge in [-0.2, -0.15) is 4.98 Å². The quantitative estimate of drug-likeness (QED) is 0.342. The third-order valence-electron chi connectivity index (χ3n) is 5.30. The molecule has 2 aromatic heterocycles. The molecule has 1 aliphatic rings. The van der Waals surface area contributed by atoms with Gasteiger partial charge < -0.3 is 25.0 Å². The van der Waals surface area contributed by atoms with Crippen molar-refractivity contribution in [3.8, 4) is 0 Å². The molecule has 2 amide bonds. The molecule has 0 unspecified atom stereocenters. The van der Waals surface area contributed by atoms with Gasteiger partial charge in [-0.25, -0.2) is 9.78 Å². The maximum Gasteiger partial charge on any atom is 0.407 e. The highest BCUT2D eigenvalue weighted by Crippen LogP contribution is 2.30. The van der Waals surface area contributed by atoms with Crippen molar-refractivity contribution >= 4 is 29.1 Å². The van der Waals surface area contributed by atoms with Gasteiger partial charge in [-0.1, -0.05) is 18.2 Å².